The molecule has 1 atom stereocenters. The summed E-state index contributed by atoms with van der Waals surface area (Å²) < 4.78 is 0. The fourth-order valence-electron chi connectivity index (χ4n) is 3.62. The summed E-state index contributed by atoms with van der Waals surface area (Å²) in [6, 6.07) is -0.462. The third-order valence-corrected chi connectivity index (χ3v) is 5.71. The predicted molar refractivity (Wildman–Crippen MR) is 231 cm³/mol. The number of hydrogen-bond donors (Lipinski definition) is 3. The second kappa shape index (κ2) is 80.7. The maximum absolute atomic E-state index is 12.2. The Hall–Kier alpha value is -1.88. The first-order chi connectivity index (χ1) is 23.9. The van der Waals surface area contributed by atoms with Gasteiger partial charge in [0, 0.05) is 13.5 Å². The van der Waals surface area contributed by atoms with Crippen LogP contribution in [0.25, 0.3) is 0 Å². The Morgan fingerprint density at radius 1 is 0.571 bits per heavy atom. The largest absolute Gasteiger partial charge is 0.354 e. The van der Waals surface area contributed by atoms with Gasteiger partial charge in [0.15, 0.2) is 0 Å². The summed E-state index contributed by atoms with van der Waals surface area (Å²) in [7, 11) is 0. The number of rotatable bonds is 22. The lowest BCUT2D eigenvalue weighted by Crippen LogP contribution is -2.46. The molecule has 5 heteroatoms. The molecule has 0 aromatic rings. The van der Waals surface area contributed by atoms with Crippen LogP contribution in [0.1, 0.15) is 220 Å². The fourth-order valence-corrected chi connectivity index (χ4v) is 3.62. The Labute approximate surface area is 312 Å². The molecule has 0 aliphatic carbocycles. The zero-order valence-electron chi connectivity index (χ0n) is 36.9. The van der Waals surface area contributed by atoms with Crippen LogP contribution in [0.15, 0.2) is 36.5 Å². The minimum atomic E-state index is -0.462. The number of allylic oxidation sites excluding steroid dienone is 6. The van der Waals surface area contributed by atoms with Crippen molar-refractivity contribution in [2.75, 3.05) is 13.1 Å². The number of unbranched alkanes of at least 4 members (excludes halogenated alkanes) is 9. The van der Waals surface area contributed by atoms with E-state index >= 15 is 0 Å². The highest BCUT2D eigenvalue weighted by molar-refractivity contribution is 5.86. The summed E-state index contributed by atoms with van der Waals surface area (Å²) in [6.45, 7) is 33.4. The van der Waals surface area contributed by atoms with Crippen LogP contribution in [0.3, 0.4) is 0 Å². The van der Waals surface area contributed by atoms with Gasteiger partial charge in [-0.3, -0.25) is 9.59 Å². The molecule has 0 aliphatic heterocycles. The molecule has 0 rings (SSSR count). The monoisotopic (exact) mass is 700 g/mol. The van der Waals surface area contributed by atoms with Gasteiger partial charge in [0.05, 0.1) is 0 Å². The smallest absolute Gasteiger partial charge is 0.242 e. The molecule has 0 saturated heterocycles. The first-order valence-electron chi connectivity index (χ1n) is 21.1. The Kier molecular flexibility index (Phi) is 108. The molecule has 4 N–H and O–H groups in total. The van der Waals surface area contributed by atoms with Crippen molar-refractivity contribution in [2.24, 2.45) is 5.73 Å². The Balaban J connectivity index is -0.000000122. The van der Waals surface area contributed by atoms with Gasteiger partial charge in [0.1, 0.15) is 6.04 Å². The van der Waals surface area contributed by atoms with Gasteiger partial charge in [0.2, 0.25) is 11.8 Å². The van der Waals surface area contributed by atoms with Crippen LogP contribution in [-0.4, -0.2) is 30.9 Å². The first-order valence-corrected chi connectivity index (χ1v) is 21.1. The van der Waals surface area contributed by atoms with Crippen LogP contribution < -0.4 is 16.4 Å². The molecule has 0 fully saturated rings. The van der Waals surface area contributed by atoms with Crippen molar-refractivity contribution < 1.29 is 9.59 Å². The molecule has 300 valence electrons. The van der Waals surface area contributed by atoms with Crippen molar-refractivity contribution in [1.29, 1.82) is 0 Å². The van der Waals surface area contributed by atoms with E-state index in [-0.39, 0.29) is 11.8 Å². The zero-order chi connectivity index (χ0) is 39.8. The normalized spacial score (nSPS) is 9.90. The summed E-state index contributed by atoms with van der Waals surface area (Å²) >= 11 is 0. The second-order valence-corrected chi connectivity index (χ2v) is 10.1. The van der Waals surface area contributed by atoms with E-state index in [1.807, 2.05) is 69.2 Å². The Morgan fingerprint density at radius 2 is 0.980 bits per heavy atom. The molecular weight excluding hydrogens is 603 g/mol. The molecule has 0 aliphatic rings. The Bertz CT molecular complexity index is 581. The molecule has 0 bridgehead atoms. The van der Waals surface area contributed by atoms with E-state index in [9.17, 15) is 9.59 Å². The predicted octanol–water partition coefficient (Wildman–Crippen LogP) is 14.1. The van der Waals surface area contributed by atoms with E-state index in [1.165, 1.54) is 84.0 Å². The van der Waals surface area contributed by atoms with Crippen LogP contribution in [0, 0.1) is 0 Å². The topological polar surface area (TPSA) is 84.2 Å². The van der Waals surface area contributed by atoms with Gasteiger partial charge >= 0.3 is 0 Å². The molecular formula is C44H97N3O2. The summed E-state index contributed by atoms with van der Waals surface area (Å²) in [4.78, 5) is 23.4. The molecule has 0 aromatic heterocycles. The van der Waals surface area contributed by atoms with Crippen molar-refractivity contribution >= 4 is 11.8 Å². The maximum Gasteiger partial charge on any atom is 0.242 e. The van der Waals surface area contributed by atoms with E-state index in [1.54, 1.807) is 0 Å². The minimum absolute atomic E-state index is 0.0961. The molecule has 2 amide bonds. The molecule has 0 radical (unpaired) electrons. The number of hydrogen-bond acceptors (Lipinski definition) is 3. The van der Waals surface area contributed by atoms with E-state index in [4.69, 9.17) is 5.73 Å². The number of nitrogens with one attached hydrogen (secondary N) is 2. The average molecular weight is 700 g/mol. The standard InChI is InChI=1S/C25H47N3O2.C6H12.C3H8.5C2H6/c1-3-4-5-6-7-8-9-10-11-12-13-14-15-16-17-18-22-27-25(30)24(20-19-21-26)28-23(2)29;1-3-5-6-4-2;1-3-2;5*1-2/h7-8,10-11,24H,3-6,9,12-22,26H2,1-2H3,(H,27,30)(H,28,29);5-6H,3-4H2,1-2H3;3H2,1-2H3;5*1-2H3/b8-7-,11-10-;6-5-;;;;;;. The van der Waals surface area contributed by atoms with Gasteiger partial charge in [0.25, 0.3) is 0 Å². The van der Waals surface area contributed by atoms with Gasteiger partial charge in [-0.15, -0.1) is 0 Å². The van der Waals surface area contributed by atoms with Gasteiger partial charge < -0.3 is 16.4 Å². The summed E-state index contributed by atoms with van der Waals surface area (Å²) in [5.41, 5.74) is 5.50. The molecule has 0 spiro atoms. The van der Waals surface area contributed by atoms with Crippen LogP contribution in [0.4, 0.5) is 0 Å². The second-order valence-electron chi connectivity index (χ2n) is 10.1. The fraction of sp³-hybridized carbons (Fsp3) is 0.818. The van der Waals surface area contributed by atoms with Crippen molar-refractivity contribution in [1.82, 2.24) is 10.6 Å². The van der Waals surface area contributed by atoms with Crippen molar-refractivity contribution in [3.63, 3.8) is 0 Å². The molecule has 1 unspecified atom stereocenters. The quantitative estimate of drug-likeness (QED) is 0.0777. The van der Waals surface area contributed by atoms with E-state index in [0.29, 0.717) is 19.5 Å². The maximum atomic E-state index is 12.2. The zero-order valence-corrected chi connectivity index (χ0v) is 36.9. The minimum Gasteiger partial charge on any atom is -0.354 e. The van der Waals surface area contributed by atoms with Crippen LogP contribution in [0.2, 0.25) is 0 Å². The molecule has 0 saturated carbocycles. The van der Waals surface area contributed by atoms with Gasteiger partial charge in [-0.2, -0.15) is 0 Å². The molecule has 0 heterocycles. The van der Waals surface area contributed by atoms with E-state index < -0.39 is 6.04 Å². The summed E-state index contributed by atoms with van der Waals surface area (Å²) in [5.74, 6) is -0.276. The van der Waals surface area contributed by atoms with Gasteiger partial charge in [-0.1, -0.05) is 185 Å². The van der Waals surface area contributed by atoms with Gasteiger partial charge in [-0.05, 0) is 70.8 Å². The first kappa shape index (κ1) is 65.5. The molecule has 0 aromatic carbocycles. The highest BCUT2D eigenvalue weighted by Gasteiger charge is 2.17. The van der Waals surface area contributed by atoms with Crippen molar-refractivity contribution in [3.05, 3.63) is 36.5 Å². The highest BCUT2D eigenvalue weighted by Crippen LogP contribution is 2.08. The summed E-state index contributed by atoms with van der Waals surface area (Å²) in [5, 5.41) is 5.64. The number of carbonyl (C=O) groups excluding carboxylic acids is 2. The van der Waals surface area contributed by atoms with Crippen molar-refractivity contribution in [2.45, 2.75) is 226 Å². The lowest BCUT2D eigenvalue weighted by molar-refractivity contribution is -0.128. The lowest BCUT2D eigenvalue weighted by atomic mass is 10.1. The SMILES string of the molecule is CC.CC.CC.CC.CC.CC/C=C\CC.CCC.CCCCC/C=C\C/C=C\CCCCCCCCNC(=O)C(CCCN)NC(C)=O. The number of nitrogens with two attached hydrogens (primary N) is 1. The molecule has 49 heavy (non-hydrogen) atoms. The third kappa shape index (κ3) is 87.0. The van der Waals surface area contributed by atoms with Crippen LogP contribution >= 0.6 is 0 Å². The Morgan fingerprint density at radius 3 is 1.37 bits per heavy atom. The highest BCUT2D eigenvalue weighted by atomic mass is 16.2. The van der Waals surface area contributed by atoms with E-state index in [2.05, 4.69) is 81.7 Å². The number of carbonyl (C=O) groups is 2. The van der Waals surface area contributed by atoms with Crippen LogP contribution in [-0.2, 0) is 9.59 Å². The van der Waals surface area contributed by atoms with Gasteiger partial charge in [-0.25, -0.2) is 0 Å². The third-order valence-electron chi connectivity index (χ3n) is 5.71. The average Bonchev–Trinajstić information content (AvgIpc) is 3.15. The van der Waals surface area contributed by atoms with Crippen molar-refractivity contribution in [3.8, 4) is 0 Å². The van der Waals surface area contributed by atoms with E-state index in [0.717, 1.165) is 25.7 Å². The molecule has 5 nitrogen and oxygen atoms in total. The summed E-state index contributed by atoms with van der Waals surface area (Å²) in [6.07, 6.45) is 33.0. The lowest BCUT2D eigenvalue weighted by Gasteiger charge is -2.17. The van der Waals surface area contributed by atoms with Crippen LogP contribution in [0.5, 0.6) is 0 Å². The number of amides is 2.